The van der Waals surface area contributed by atoms with Crippen LogP contribution in [-0.2, 0) is 0 Å². The number of aryl methyl sites for hydroxylation is 1. The molecule has 0 amide bonds. The van der Waals surface area contributed by atoms with E-state index in [-0.39, 0.29) is 0 Å². The predicted molar refractivity (Wildman–Crippen MR) is 88.9 cm³/mol. The van der Waals surface area contributed by atoms with Crippen molar-refractivity contribution in [3.8, 4) is 17.0 Å². The summed E-state index contributed by atoms with van der Waals surface area (Å²) in [4.78, 5) is 4.72. The topological polar surface area (TPSA) is 26.5 Å². The molecule has 0 unspecified atom stereocenters. The molecule has 3 aromatic rings. The Labute approximate surface area is 132 Å². The third-order valence-corrected chi connectivity index (χ3v) is 3.76. The van der Waals surface area contributed by atoms with Crippen molar-refractivity contribution in [2.24, 2.45) is 0 Å². The van der Waals surface area contributed by atoms with E-state index in [2.05, 4.69) is 58.6 Å². The van der Waals surface area contributed by atoms with Crippen molar-refractivity contribution >= 4 is 21.6 Å². The molecule has 3 nitrogen and oxygen atoms in total. The highest BCUT2D eigenvalue weighted by Gasteiger charge is 2.07. The van der Waals surface area contributed by atoms with Gasteiger partial charge in [0.05, 0.1) is 12.3 Å². The lowest BCUT2D eigenvalue weighted by Gasteiger charge is -2.04. The number of pyridine rings is 1. The van der Waals surface area contributed by atoms with Gasteiger partial charge in [0.25, 0.3) is 0 Å². The summed E-state index contributed by atoms with van der Waals surface area (Å²) in [5.74, 6) is 0.906. The maximum atomic E-state index is 5.61. The van der Waals surface area contributed by atoms with Gasteiger partial charge in [0, 0.05) is 22.4 Å². The molecule has 0 aliphatic rings. The molecular formula is C17H17BrN2O. The van der Waals surface area contributed by atoms with Gasteiger partial charge in [-0.2, -0.15) is 0 Å². The zero-order chi connectivity index (χ0) is 14.8. The van der Waals surface area contributed by atoms with Crippen LogP contribution in [0.15, 0.2) is 47.2 Å². The van der Waals surface area contributed by atoms with Crippen LogP contribution in [0.2, 0.25) is 0 Å². The number of aromatic nitrogens is 2. The molecule has 4 heteroatoms. The number of benzene rings is 1. The Kier molecular flexibility index (Phi) is 3.97. The Morgan fingerprint density at radius 3 is 2.67 bits per heavy atom. The summed E-state index contributed by atoms with van der Waals surface area (Å²) in [6, 6.07) is 10.2. The molecule has 0 radical (unpaired) electrons. The fourth-order valence-corrected chi connectivity index (χ4v) is 2.87. The summed E-state index contributed by atoms with van der Waals surface area (Å²) in [5, 5.41) is 0. The zero-order valence-corrected chi connectivity index (χ0v) is 13.7. The molecule has 1 aromatic carbocycles. The molecule has 0 bridgehead atoms. The van der Waals surface area contributed by atoms with Gasteiger partial charge in [0.1, 0.15) is 11.4 Å². The quantitative estimate of drug-likeness (QED) is 0.675. The number of fused-ring (bicyclic) bond motifs is 1. The van der Waals surface area contributed by atoms with Crippen LogP contribution in [0.1, 0.15) is 18.9 Å². The van der Waals surface area contributed by atoms with Gasteiger partial charge in [0.15, 0.2) is 0 Å². The Bertz CT molecular complexity index is 762. The van der Waals surface area contributed by atoms with Crippen LogP contribution < -0.4 is 4.74 Å². The molecule has 2 heterocycles. The number of hydrogen-bond donors (Lipinski definition) is 0. The first kappa shape index (κ1) is 14.1. The first-order valence-corrected chi connectivity index (χ1v) is 7.85. The van der Waals surface area contributed by atoms with Crippen LogP contribution in [0.25, 0.3) is 16.9 Å². The summed E-state index contributed by atoms with van der Waals surface area (Å²) < 4.78 is 8.72. The number of ether oxygens (including phenoxy) is 1. The van der Waals surface area contributed by atoms with Crippen LogP contribution in [-0.4, -0.2) is 16.0 Å². The Morgan fingerprint density at radius 2 is 1.95 bits per heavy atom. The zero-order valence-electron chi connectivity index (χ0n) is 12.1. The molecule has 0 atom stereocenters. The third kappa shape index (κ3) is 2.95. The average molecular weight is 345 g/mol. The van der Waals surface area contributed by atoms with Gasteiger partial charge in [-0.1, -0.05) is 6.92 Å². The van der Waals surface area contributed by atoms with Gasteiger partial charge >= 0.3 is 0 Å². The van der Waals surface area contributed by atoms with Gasteiger partial charge in [-0.3, -0.25) is 0 Å². The Hall–Kier alpha value is -1.81. The smallest absolute Gasteiger partial charge is 0.140 e. The van der Waals surface area contributed by atoms with Crippen molar-refractivity contribution in [1.29, 1.82) is 0 Å². The van der Waals surface area contributed by atoms with Gasteiger partial charge in [-0.15, -0.1) is 0 Å². The average Bonchev–Trinajstić information content (AvgIpc) is 2.90. The number of halogens is 1. The molecule has 0 N–H and O–H groups in total. The third-order valence-electron chi connectivity index (χ3n) is 3.32. The van der Waals surface area contributed by atoms with Crippen LogP contribution in [0.4, 0.5) is 0 Å². The molecule has 0 aliphatic heterocycles. The van der Waals surface area contributed by atoms with E-state index in [0.717, 1.165) is 45.7 Å². The van der Waals surface area contributed by atoms with Crippen LogP contribution in [0.3, 0.4) is 0 Å². The van der Waals surface area contributed by atoms with Crippen LogP contribution >= 0.6 is 15.9 Å². The molecule has 0 aliphatic carbocycles. The SMILES string of the molecule is CCCOc1ccc(-c2cn3cc(Br)cc(C)c3n2)cc1. The van der Waals surface area contributed by atoms with Crippen molar-refractivity contribution in [2.45, 2.75) is 20.3 Å². The maximum Gasteiger partial charge on any atom is 0.140 e. The normalized spacial score (nSPS) is 11.0. The van der Waals surface area contributed by atoms with E-state index in [9.17, 15) is 0 Å². The monoisotopic (exact) mass is 344 g/mol. The second-order valence-corrected chi connectivity index (χ2v) is 5.99. The van der Waals surface area contributed by atoms with E-state index in [4.69, 9.17) is 9.72 Å². The molecule has 21 heavy (non-hydrogen) atoms. The van der Waals surface area contributed by atoms with E-state index in [1.165, 1.54) is 0 Å². The van der Waals surface area contributed by atoms with Gasteiger partial charge in [-0.25, -0.2) is 4.98 Å². The molecule has 108 valence electrons. The largest absolute Gasteiger partial charge is 0.494 e. The van der Waals surface area contributed by atoms with Gasteiger partial charge in [0.2, 0.25) is 0 Å². The number of imidazole rings is 1. The summed E-state index contributed by atoms with van der Waals surface area (Å²) in [7, 11) is 0. The molecule has 3 rings (SSSR count). The standard InChI is InChI=1S/C17H17BrN2O/c1-3-8-21-15-6-4-13(5-7-15)16-11-20-10-14(18)9-12(2)17(20)19-16/h4-7,9-11H,3,8H2,1-2H3. The van der Waals surface area contributed by atoms with Gasteiger partial charge in [-0.05, 0) is 65.2 Å². The lowest BCUT2D eigenvalue weighted by Crippen LogP contribution is -1.94. The molecular weight excluding hydrogens is 328 g/mol. The number of hydrogen-bond acceptors (Lipinski definition) is 2. The summed E-state index contributed by atoms with van der Waals surface area (Å²) in [6.45, 7) is 4.92. The first-order valence-electron chi connectivity index (χ1n) is 7.05. The summed E-state index contributed by atoms with van der Waals surface area (Å²) >= 11 is 3.52. The van der Waals surface area contributed by atoms with Crippen molar-refractivity contribution in [3.05, 3.63) is 52.8 Å². The lowest BCUT2D eigenvalue weighted by molar-refractivity contribution is 0.317. The Morgan fingerprint density at radius 1 is 1.19 bits per heavy atom. The van der Waals surface area contributed by atoms with Gasteiger partial charge < -0.3 is 9.14 Å². The second kappa shape index (κ2) is 5.90. The van der Waals surface area contributed by atoms with Crippen molar-refractivity contribution in [1.82, 2.24) is 9.38 Å². The number of rotatable bonds is 4. The Balaban J connectivity index is 1.95. The fourth-order valence-electron chi connectivity index (χ4n) is 2.31. The molecule has 0 fully saturated rings. The van der Waals surface area contributed by atoms with Crippen molar-refractivity contribution < 1.29 is 4.74 Å². The molecule has 0 spiro atoms. The lowest BCUT2D eigenvalue weighted by atomic mass is 10.2. The molecule has 0 saturated heterocycles. The van der Waals surface area contributed by atoms with E-state index in [1.807, 2.05) is 18.3 Å². The minimum absolute atomic E-state index is 0.751. The minimum Gasteiger partial charge on any atom is -0.494 e. The number of nitrogens with zero attached hydrogens (tertiary/aromatic N) is 2. The van der Waals surface area contributed by atoms with Crippen molar-refractivity contribution in [2.75, 3.05) is 6.61 Å². The van der Waals surface area contributed by atoms with Crippen LogP contribution in [0.5, 0.6) is 5.75 Å². The highest BCUT2D eigenvalue weighted by atomic mass is 79.9. The predicted octanol–water partition coefficient (Wildman–Crippen LogP) is 4.86. The van der Waals surface area contributed by atoms with E-state index in [1.54, 1.807) is 0 Å². The summed E-state index contributed by atoms with van der Waals surface area (Å²) in [6.07, 6.45) is 5.09. The minimum atomic E-state index is 0.751. The molecule has 2 aromatic heterocycles. The summed E-state index contributed by atoms with van der Waals surface area (Å²) in [5.41, 5.74) is 4.20. The second-order valence-electron chi connectivity index (χ2n) is 5.07. The maximum absolute atomic E-state index is 5.61. The molecule has 0 saturated carbocycles. The highest BCUT2D eigenvalue weighted by molar-refractivity contribution is 9.10. The van der Waals surface area contributed by atoms with Crippen molar-refractivity contribution in [3.63, 3.8) is 0 Å². The highest BCUT2D eigenvalue weighted by Crippen LogP contribution is 2.24. The van der Waals surface area contributed by atoms with E-state index < -0.39 is 0 Å². The van der Waals surface area contributed by atoms with E-state index >= 15 is 0 Å². The van der Waals surface area contributed by atoms with E-state index in [0.29, 0.717) is 0 Å². The van der Waals surface area contributed by atoms with Crippen LogP contribution in [0, 0.1) is 6.92 Å². The fraction of sp³-hybridized carbons (Fsp3) is 0.235. The first-order chi connectivity index (χ1) is 10.2.